The maximum atomic E-state index is 12.7. The zero-order valence-electron chi connectivity index (χ0n) is 10.8. The summed E-state index contributed by atoms with van der Waals surface area (Å²) >= 11 is 5.87. The van der Waals surface area contributed by atoms with Gasteiger partial charge in [0.05, 0.1) is 11.9 Å². The smallest absolute Gasteiger partial charge is 0.256 e. The Morgan fingerprint density at radius 3 is 2.57 bits per heavy atom. The lowest BCUT2D eigenvalue weighted by atomic mass is 10.1. The van der Waals surface area contributed by atoms with E-state index in [4.69, 9.17) is 17.3 Å². The molecule has 1 aromatic carbocycles. The van der Waals surface area contributed by atoms with Crippen LogP contribution in [0.3, 0.4) is 0 Å². The molecule has 2 N–H and O–H groups in total. The van der Waals surface area contributed by atoms with Crippen LogP contribution in [0.1, 0.15) is 0 Å². The second-order valence-electron chi connectivity index (χ2n) is 4.55. The van der Waals surface area contributed by atoms with E-state index in [-0.39, 0.29) is 5.82 Å². The lowest BCUT2D eigenvalue weighted by Crippen LogP contribution is -2.06. The largest absolute Gasteiger partial charge is 0.383 e. The Morgan fingerprint density at radius 2 is 1.90 bits per heavy atom. The number of alkyl halides is 2. The monoisotopic (exact) mass is 308 g/mol. The van der Waals surface area contributed by atoms with Crippen LogP contribution < -0.4 is 5.73 Å². The van der Waals surface area contributed by atoms with Crippen LogP contribution >= 0.6 is 11.6 Å². The van der Waals surface area contributed by atoms with Gasteiger partial charge in [0.2, 0.25) is 0 Å². The Morgan fingerprint density at radius 1 is 1.19 bits per heavy atom. The highest BCUT2D eigenvalue weighted by Crippen LogP contribution is 2.33. The summed E-state index contributed by atoms with van der Waals surface area (Å²) in [6, 6.07) is 7.06. The molecule has 21 heavy (non-hydrogen) atoms. The van der Waals surface area contributed by atoms with Crippen molar-refractivity contribution in [2.45, 2.75) is 13.0 Å². The molecular formula is C14H11ClF2N4. The van der Waals surface area contributed by atoms with E-state index < -0.39 is 13.0 Å². The Hall–Kier alpha value is -2.21. The SMILES string of the molecule is Nc1ncnc2c1c(-c1ccc(Cl)cc1)cn2CC(F)F. The highest BCUT2D eigenvalue weighted by Gasteiger charge is 2.16. The number of fused-ring (bicyclic) bond motifs is 1. The van der Waals surface area contributed by atoms with E-state index >= 15 is 0 Å². The molecule has 4 nitrogen and oxygen atoms in total. The minimum Gasteiger partial charge on any atom is -0.383 e. The van der Waals surface area contributed by atoms with Gasteiger partial charge in [0.25, 0.3) is 6.43 Å². The number of aromatic nitrogens is 3. The predicted octanol–water partition coefficient (Wildman–Crippen LogP) is 3.60. The number of hydrogen-bond acceptors (Lipinski definition) is 3. The quantitative estimate of drug-likeness (QED) is 0.804. The van der Waals surface area contributed by atoms with Gasteiger partial charge in [-0.2, -0.15) is 0 Å². The molecule has 0 aliphatic heterocycles. The van der Waals surface area contributed by atoms with Crippen LogP contribution in [0, 0.1) is 0 Å². The number of nitrogens with zero attached hydrogens (tertiary/aromatic N) is 3. The lowest BCUT2D eigenvalue weighted by molar-refractivity contribution is 0.128. The van der Waals surface area contributed by atoms with Crippen molar-refractivity contribution >= 4 is 28.5 Å². The fourth-order valence-corrected chi connectivity index (χ4v) is 2.41. The van der Waals surface area contributed by atoms with Crippen molar-refractivity contribution in [2.75, 3.05) is 5.73 Å². The molecule has 0 bridgehead atoms. The van der Waals surface area contributed by atoms with E-state index in [9.17, 15) is 8.78 Å². The number of nitrogen functional groups attached to an aromatic ring is 1. The second-order valence-corrected chi connectivity index (χ2v) is 4.99. The summed E-state index contributed by atoms with van der Waals surface area (Å²) in [5.74, 6) is 0.262. The highest BCUT2D eigenvalue weighted by atomic mass is 35.5. The normalized spacial score (nSPS) is 11.4. The van der Waals surface area contributed by atoms with E-state index in [1.54, 1.807) is 30.5 Å². The third-order valence-electron chi connectivity index (χ3n) is 3.17. The van der Waals surface area contributed by atoms with Crippen LogP contribution in [0.15, 0.2) is 36.8 Å². The van der Waals surface area contributed by atoms with Crippen molar-refractivity contribution in [1.82, 2.24) is 14.5 Å². The zero-order chi connectivity index (χ0) is 15.0. The zero-order valence-corrected chi connectivity index (χ0v) is 11.6. The fraction of sp³-hybridized carbons (Fsp3) is 0.143. The summed E-state index contributed by atoms with van der Waals surface area (Å²) < 4.78 is 26.8. The minimum absolute atomic E-state index is 0.262. The Bertz CT molecular complexity index is 784. The molecule has 0 saturated carbocycles. The number of anilines is 1. The predicted molar refractivity (Wildman–Crippen MR) is 78.4 cm³/mol. The first-order chi connectivity index (χ1) is 10.1. The van der Waals surface area contributed by atoms with E-state index in [0.29, 0.717) is 21.6 Å². The molecule has 0 spiro atoms. The second kappa shape index (κ2) is 5.29. The number of nitrogens with two attached hydrogens (primary N) is 1. The summed E-state index contributed by atoms with van der Waals surface area (Å²) in [6.07, 6.45) is 0.408. The first kappa shape index (κ1) is 13.8. The fourth-order valence-electron chi connectivity index (χ4n) is 2.28. The van der Waals surface area contributed by atoms with Crippen LogP contribution in [0.2, 0.25) is 5.02 Å². The van der Waals surface area contributed by atoms with Gasteiger partial charge in [0, 0.05) is 16.8 Å². The van der Waals surface area contributed by atoms with E-state index in [1.807, 2.05) is 0 Å². The van der Waals surface area contributed by atoms with Crippen LogP contribution in [0.25, 0.3) is 22.2 Å². The molecule has 3 aromatic rings. The van der Waals surface area contributed by atoms with E-state index in [1.165, 1.54) is 10.9 Å². The number of rotatable bonds is 3. The molecule has 0 unspecified atom stereocenters. The van der Waals surface area contributed by atoms with Gasteiger partial charge >= 0.3 is 0 Å². The van der Waals surface area contributed by atoms with Crippen LogP contribution in [0.5, 0.6) is 0 Å². The molecule has 0 saturated heterocycles. The van der Waals surface area contributed by atoms with E-state index in [0.717, 1.165) is 5.56 Å². The minimum atomic E-state index is -2.48. The average Bonchev–Trinajstić information content (AvgIpc) is 2.79. The molecule has 0 atom stereocenters. The Labute approximate surface area is 124 Å². The summed E-state index contributed by atoms with van der Waals surface area (Å²) in [7, 11) is 0. The summed E-state index contributed by atoms with van der Waals surface area (Å²) in [4.78, 5) is 8.01. The highest BCUT2D eigenvalue weighted by molar-refractivity contribution is 6.30. The molecule has 0 fully saturated rings. The van der Waals surface area contributed by atoms with Crippen molar-refractivity contribution in [3.05, 3.63) is 41.8 Å². The first-order valence-electron chi connectivity index (χ1n) is 6.19. The third kappa shape index (κ3) is 2.54. The van der Waals surface area contributed by atoms with Crippen LogP contribution in [-0.2, 0) is 6.54 Å². The lowest BCUT2D eigenvalue weighted by Gasteiger charge is -2.02. The van der Waals surface area contributed by atoms with E-state index in [2.05, 4.69) is 9.97 Å². The summed E-state index contributed by atoms with van der Waals surface area (Å²) in [5.41, 5.74) is 7.81. The van der Waals surface area contributed by atoms with Crippen molar-refractivity contribution in [1.29, 1.82) is 0 Å². The van der Waals surface area contributed by atoms with Crippen LogP contribution in [0.4, 0.5) is 14.6 Å². The molecule has 0 aliphatic rings. The molecule has 0 amide bonds. The maximum absolute atomic E-state index is 12.7. The van der Waals surface area contributed by atoms with Gasteiger partial charge < -0.3 is 10.3 Å². The van der Waals surface area contributed by atoms with Gasteiger partial charge in [-0.3, -0.25) is 0 Å². The van der Waals surface area contributed by atoms with Gasteiger partial charge in [-0.05, 0) is 17.7 Å². The number of benzene rings is 1. The Balaban J connectivity index is 2.24. The molecule has 2 aromatic heterocycles. The molecule has 3 rings (SSSR count). The molecule has 0 radical (unpaired) electrons. The molecule has 7 heteroatoms. The van der Waals surface area contributed by atoms with Gasteiger partial charge in [0.1, 0.15) is 17.8 Å². The average molecular weight is 309 g/mol. The van der Waals surface area contributed by atoms with Gasteiger partial charge in [-0.1, -0.05) is 23.7 Å². The summed E-state index contributed by atoms with van der Waals surface area (Å²) in [5, 5.41) is 1.17. The molecule has 0 aliphatic carbocycles. The number of halogens is 3. The van der Waals surface area contributed by atoms with Crippen molar-refractivity contribution in [3.8, 4) is 11.1 Å². The topological polar surface area (TPSA) is 56.7 Å². The molecule has 2 heterocycles. The van der Waals surface area contributed by atoms with Gasteiger partial charge in [0.15, 0.2) is 0 Å². The van der Waals surface area contributed by atoms with Crippen molar-refractivity contribution < 1.29 is 8.78 Å². The maximum Gasteiger partial charge on any atom is 0.256 e. The summed E-state index contributed by atoms with van der Waals surface area (Å²) in [6.45, 7) is -0.444. The Kier molecular flexibility index (Phi) is 3.47. The first-order valence-corrected chi connectivity index (χ1v) is 6.57. The van der Waals surface area contributed by atoms with Crippen LogP contribution in [-0.4, -0.2) is 21.0 Å². The standard InChI is InChI=1S/C14H11ClF2N4/c15-9-3-1-8(2-4-9)10-5-21(6-11(16)17)14-12(10)13(18)19-7-20-14/h1-5,7,11H,6H2,(H2,18,19,20). The van der Waals surface area contributed by atoms with Gasteiger partial charge in [-0.25, -0.2) is 18.7 Å². The van der Waals surface area contributed by atoms with Crippen molar-refractivity contribution in [3.63, 3.8) is 0 Å². The third-order valence-corrected chi connectivity index (χ3v) is 3.42. The van der Waals surface area contributed by atoms with Gasteiger partial charge in [-0.15, -0.1) is 0 Å². The molecular weight excluding hydrogens is 298 g/mol. The number of hydrogen-bond donors (Lipinski definition) is 1. The van der Waals surface area contributed by atoms with Crippen molar-refractivity contribution in [2.24, 2.45) is 0 Å². The molecule has 108 valence electrons.